The molecule has 0 unspecified atom stereocenters. The van der Waals surface area contributed by atoms with E-state index in [1.54, 1.807) is 10.4 Å². The highest BCUT2D eigenvalue weighted by atomic mass is 32.2. The van der Waals surface area contributed by atoms with Crippen molar-refractivity contribution in [2.45, 2.75) is 50.1 Å². The van der Waals surface area contributed by atoms with Crippen molar-refractivity contribution in [2.24, 2.45) is 5.92 Å². The molecule has 28 heavy (non-hydrogen) atoms. The van der Waals surface area contributed by atoms with E-state index in [0.29, 0.717) is 23.9 Å². The normalized spacial score (nSPS) is 18.5. The summed E-state index contributed by atoms with van der Waals surface area (Å²) in [6.07, 6.45) is 6.06. The summed E-state index contributed by atoms with van der Waals surface area (Å²) in [5, 5.41) is 0. The van der Waals surface area contributed by atoms with Crippen molar-refractivity contribution in [1.29, 1.82) is 0 Å². The summed E-state index contributed by atoms with van der Waals surface area (Å²) in [7, 11) is -3.50. The molecule has 0 amide bonds. The first-order chi connectivity index (χ1) is 13.6. The Kier molecular flexibility index (Phi) is 6.14. The van der Waals surface area contributed by atoms with Gasteiger partial charge in [-0.05, 0) is 68.0 Å². The Morgan fingerprint density at radius 1 is 0.893 bits per heavy atom. The Labute approximate surface area is 169 Å². The molecule has 2 aromatic carbocycles. The third kappa shape index (κ3) is 5.02. The van der Waals surface area contributed by atoms with Crippen molar-refractivity contribution in [3.63, 3.8) is 0 Å². The van der Waals surface area contributed by atoms with Crippen LogP contribution in [0.1, 0.15) is 43.2 Å². The molecule has 0 spiro atoms. The van der Waals surface area contributed by atoms with Gasteiger partial charge < -0.3 is 0 Å². The van der Waals surface area contributed by atoms with Gasteiger partial charge in [0.2, 0.25) is 10.0 Å². The highest BCUT2D eigenvalue weighted by Gasteiger charge is 2.32. The maximum absolute atomic E-state index is 13.5. The van der Waals surface area contributed by atoms with Crippen LogP contribution in [-0.2, 0) is 23.1 Å². The number of likely N-dealkylation sites (tertiary alicyclic amines) is 1. The predicted octanol–water partition coefficient (Wildman–Crippen LogP) is 4.27. The van der Waals surface area contributed by atoms with Gasteiger partial charge in [-0.15, -0.1) is 0 Å². The smallest absolute Gasteiger partial charge is 0.243 e. The summed E-state index contributed by atoms with van der Waals surface area (Å²) in [5.41, 5.74) is 2.13. The SMILES string of the molecule is O=S(=O)(c1cccc(CN2CCCCC2)c1)N(Cc1ccccc1)CC1CC1. The predicted molar refractivity (Wildman–Crippen MR) is 112 cm³/mol. The fourth-order valence-electron chi connectivity index (χ4n) is 3.95. The van der Waals surface area contributed by atoms with Crippen LogP contribution in [0.2, 0.25) is 0 Å². The lowest BCUT2D eigenvalue weighted by atomic mass is 10.1. The van der Waals surface area contributed by atoms with Crippen LogP contribution in [-0.4, -0.2) is 37.3 Å². The molecular formula is C23H30N2O2S. The topological polar surface area (TPSA) is 40.6 Å². The quantitative estimate of drug-likeness (QED) is 0.667. The molecule has 2 aliphatic rings. The lowest BCUT2D eigenvalue weighted by Crippen LogP contribution is -2.33. The molecule has 0 radical (unpaired) electrons. The van der Waals surface area contributed by atoms with Gasteiger partial charge in [-0.2, -0.15) is 4.31 Å². The molecular weight excluding hydrogens is 368 g/mol. The number of hydrogen-bond donors (Lipinski definition) is 0. The minimum atomic E-state index is -3.50. The Morgan fingerprint density at radius 2 is 1.61 bits per heavy atom. The molecule has 0 N–H and O–H groups in total. The molecule has 1 saturated carbocycles. The Balaban J connectivity index is 1.54. The fourth-order valence-corrected chi connectivity index (χ4v) is 5.53. The van der Waals surface area contributed by atoms with Gasteiger partial charge in [-0.25, -0.2) is 8.42 Å². The molecule has 1 aliphatic heterocycles. The molecule has 4 rings (SSSR count). The fraction of sp³-hybridized carbons (Fsp3) is 0.478. The summed E-state index contributed by atoms with van der Waals surface area (Å²) in [4.78, 5) is 2.86. The second-order valence-corrected chi connectivity index (χ2v) is 10.1. The van der Waals surface area contributed by atoms with E-state index in [0.717, 1.165) is 43.6 Å². The average molecular weight is 399 g/mol. The summed E-state index contributed by atoms with van der Waals surface area (Å²) in [6.45, 7) is 4.12. The lowest BCUT2D eigenvalue weighted by molar-refractivity contribution is 0.221. The Morgan fingerprint density at radius 3 is 2.32 bits per heavy atom. The van der Waals surface area contributed by atoms with Gasteiger partial charge >= 0.3 is 0 Å². The molecule has 1 heterocycles. The number of hydrogen-bond acceptors (Lipinski definition) is 3. The van der Waals surface area contributed by atoms with Crippen molar-refractivity contribution in [3.8, 4) is 0 Å². The zero-order valence-electron chi connectivity index (χ0n) is 16.5. The van der Waals surface area contributed by atoms with Crippen LogP contribution in [0.4, 0.5) is 0 Å². The molecule has 150 valence electrons. The number of piperidine rings is 1. The number of sulfonamides is 1. The van der Waals surface area contributed by atoms with Crippen molar-refractivity contribution in [2.75, 3.05) is 19.6 Å². The van der Waals surface area contributed by atoms with E-state index < -0.39 is 10.0 Å². The summed E-state index contributed by atoms with van der Waals surface area (Å²) < 4.78 is 28.6. The van der Waals surface area contributed by atoms with Crippen molar-refractivity contribution >= 4 is 10.0 Å². The standard InChI is InChI=1S/C23H30N2O2S/c26-28(27,25(19-21-12-13-21)18-20-8-3-1-4-9-20)23-11-7-10-22(16-23)17-24-14-5-2-6-15-24/h1,3-4,7-11,16,21H,2,5-6,12-15,17-19H2. The maximum atomic E-state index is 13.5. The monoisotopic (exact) mass is 398 g/mol. The minimum Gasteiger partial charge on any atom is -0.299 e. The molecule has 4 nitrogen and oxygen atoms in total. The van der Waals surface area contributed by atoms with Crippen LogP contribution in [0, 0.1) is 5.92 Å². The number of nitrogens with zero attached hydrogens (tertiary/aromatic N) is 2. The van der Waals surface area contributed by atoms with E-state index in [9.17, 15) is 8.42 Å². The Bertz CT molecular complexity index is 872. The highest BCUT2D eigenvalue weighted by Crippen LogP contribution is 2.32. The summed E-state index contributed by atoms with van der Waals surface area (Å²) in [6, 6.07) is 17.5. The lowest BCUT2D eigenvalue weighted by Gasteiger charge is -2.27. The molecule has 0 atom stereocenters. The average Bonchev–Trinajstić information content (AvgIpc) is 3.53. The molecule has 1 saturated heterocycles. The van der Waals surface area contributed by atoms with Gasteiger partial charge in [0, 0.05) is 19.6 Å². The largest absolute Gasteiger partial charge is 0.299 e. The second-order valence-electron chi connectivity index (χ2n) is 8.21. The second kappa shape index (κ2) is 8.76. The summed E-state index contributed by atoms with van der Waals surface area (Å²) >= 11 is 0. The molecule has 1 aliphatic carbocycles. The van der Waals surface area contributed by atoms with Crippen molar-refractivity contribution in [3.05, 3.63) is 65.7 Å². The molecule has 2 aromatic rings. The van der Waals surface area contributed by atoms with E-state index in [1.165, 1.54) is 19.3 Å². The van der Waals surface area contributed by atoms with Gasteiger partial charge in [-0.1, -0.05) is 48.9 Å². The third-order valence-corrected chi connectivity index (χ3v) is 7.56. The van der Waals surface area contributed by atoms with Crippen LogP contribution < -0.4 is 0 Å². The van der Waals surface area contributed by atoms with Gasteiger partial charge in [0.1, 0.15) is 0 Å². The molecule has 0 bridgehead atoms. The van der Waals surface area contributed by atoms with Crippen molar-refractivity contribution < 1.29 is 8.42 Å². The van der Waals surface area contributed by atoms with E-state index in [-0.39, 0.29) is 0 Å². The van der Waals surface area contributed by atoms with Crippen LogP contribution in [0.25, 0.3) is 0 Å². The summed E-state index contributed by atoms with van der Waals surface area (Å²) in [5.74, 6) is 0.509. The highest BCUT2D eigenvalue weighted by molar-refractivity contribution is 7.89. The van der Waals surface area contributed by atoms with Crippen LogP contribution in [0.15, 0.2) is 59.5 Å². The van der Waals surface area contributed by atoms with Crippen LogP contribution >= 0.6 is 0 Å². The zero-order valence-corrected chi connectivity index (χ0v) is 17.3. The number of rotatable bonds is 8. The number of benzene rings is 2. The first-order valence-corrected chi connectivity index (χ1v) is 11.9. The third-order valence-electron chi connectivity index (χ3n) is 5.75. The van der Waals surface area contributed by atoms with Gasteiger partial charge in [-0.3, -0.25) is 4.90 Å². The van der Waals surface area contributed by atoms with Crippen LogP contribution in [0.5, 0.6) is 0 Å². The van der Waals surface area contributed by atoms with Gasteiger partial charge in [0.05, 0.1) is 4.90 Å². The first-order valence-electron chi connectivity index (χ1n) is 10.5. The molecule has 5 heteroatoms. The van der Waals surface area contributed by atoms with Crippen molar-refractivity contribution in [1.82, 2.24) is 9.21 Å². The van der Waals surface area contributed by atoms with E-state index in [1.807, 2.05) is 42.5 Å². The van der Waals surface area contributed by atoms with E-state index >= 15 is 0 Å². The van der Waals surface area contributed by atoms with Gasteiger partial charge in [0.15, 0.2) is 0 Å². The van der Waals surface area contributed by atoms with E-state index in [4.69, 9.17) is 0 Å². The van der Waals surface area contributed by atoms with Gasteiger partial charge in [0.25, 0.3) is 0 Å². The van der Waals surface area contributed by atoms with Crippen LogP contribution in [0.3, 0.4) is 0 Å². The minimum absolute atomic E-state index is 0.429. The molecule has 2 fully saturated rings. The Hall–Kier alpha value is -1.69. The molecule has 0 aromatic heterocycles. The zero-order chi connectivity index (χ0) is 19.4. The first kappa shape index (κ1) is 19.6. The maximum Gasteiger partial charge on any atom is 0.243 e. The van der Waals surface area contributed by atoms with E-state index in [2.05, 4.69) is 11.0 Å².